The second-order valence-corrected chi connectivity index (χ2v) is 5.84. The minimum absolute atomic E-state index is 0.887. The molecular formula is C21H14N2O. The molecule has 0 radical (unpaired) electrons. The number of H-pyrrole nitrogens is 1. The molecule has 0 aliphatic carbocycles. The van der Waals surface area contributed by atoms with Gasteiger partial charge in [-0.25, -0.2) is 0 Å². The van der Waals surface area contributed by atoms with Crippen LogP contribution in [0, 0.1) is 0 Å². The molecule has 3 aromatic carbocycles. The Morgan fingerprint density at radius 1 is 0.667 bits per heavy atom. The van der Waals surface area contributed by atoms with Crippen LogP contribution in [0.25, 0.3) is 44.5 Å². The van der Waals surface area contributed by atoms with E-state index in [1.807, 2.05) is 36.4 Å². The summed E-state index contributed by atoms with van der Waals surface area (Å²) in [5, 5.41) is 9.85. The third kappa shape index (κ3) is 2.02. The van der Waals surface area contributed by atoms with Gasteiger partial charge in [-0.3, -0.25) is 5.10 Å². The number of para-hydroxylation sites is 1. The molecular weight excluding hydrogens is 296 g/mol. The summed E-state index contributed by atoms with van der Waals surface area (Å²) in [7, 11) is 0. The highest BCUT2D eigenvalue weighted by Gasteiger charge is 2.10. The topological polar surface area (TPSA) is 41.8 Å². The molecule has 0 atom stereocenters. The lowest BCUT2D eigenvalue weighted by atomic mass is 10.1. The molecule has 3 heteroatoms. The Hall–Kier alpha value is -3.33. The van der Waals surface area contributed by atoms with Gasteiger partial charge in [0.1, 0.15) is 11.2 Å². The minimum atomic E-state index is 0.887. The predicted molar refractivity (Wildman–Crippen MR) is 96.7 cm³/mol. The number of furan rings is 1. The van der Waals surface area contributed by atoms with Crippen LogP contribution >= 0.6 is 0 Å². The molecule has 0 spiro atoms. The first-order valence-electron chi connectivity index (χ1n) is 7.91. The van der Waals surface area contributed by atoms with Crippen LogP contribution in [0.5, 0.6) is 0 Å². The van der Waals surface area contributed by atoms with E-state index in [0.717, 1.165) is 44.5 Å². The van der Waals surface area contributed by atoms with Crippen LogP contribution in [0.1, 0.15) is 0 Å². The SMILES string of the molecule is c1ccc(-c2cc(-c3ccc4c(c3)oc3ccccc34)n[nH]2)cc1. The molecule has 114 valence electrons. The largest absolute Gasteiger partial charge is 0.456 e. The summed E-state index contributed by atoms with van der Waals surface area (Å²) < 4.78 is 5.97. The number of rotatable bonds is 2. The van der Waals surface area contributed by atoms with Crippen LogP contribution in [0.2, 0.25) is 0 Å². The Bertz CT molecular complexity index is 1150. The fraction of sp³-hybridized carbons (Fsp3) is 0. The number of aromatic nitrogens is 2. The summed E-state index contributed by atoms with van der Waals surface area (Å²) in [6, 6.07) is 26.6. The molecule has 24 heavy (non-hydrogen) atoms. The van der Waals surface area contributed by atoms with Crippen molar-refractivity contribution >= 4 is 21.9 Å². The van der Waals surface area contributed by atoms with Crippen molar-refractivity contribution in [3.05, 3.63) is 78.9 Å². The Balaban J connectivity index is 1.62. The number of fused-ring (bicyclic) bond motifs is 3. The van der Waals surface area contributed by atoms with Crippen molar-refractivity contribution in [2.24, 2.45) is 0 Å². The van der Waals surface area contributed by atoms with Gasteiger partial charge in [-0.05, 0) is 29.8 Å². The zero-order valence-corrected chi connectivity index (χ0v) is 12.9. The Labute approximate surface area is 138 Å². The summed E-state index contributed by atoms with van der Waals surface area (Å²) in [6.07, 6.45) is 0. The highest BCUT2D eigenvalue weighted by Crippen LogP contribution is 2.32. The van der Waals surface area contributed by atoms with Crippen LogP contribution in [-0.2, 0) is 0 Å². The Morgan fingerprint density at radius 2 is 1.46 bits per heavy atom. The van der Waals surface area contributed by atoms with Gasteiger partial charge in [0, 0.05) is 16.3 Å². The van der Waals surface area contributed by atoms with Gasteiger partial charge in [-0.2, -0.15) is 5.10 Å². The van der Waals surface area contributed by atoms with Crippen molar-refractivity contribution in [1.82, 2.24) is 10.2 Å². The summed E-state index contributed by atoms with van der Waals surface area (Å²) in [4.78, 5) is 0. The maximum absolute atomic E-state index is 5.97. The molecule has 5 aromatic rings. The van der Waals surface area contributed by atoms with Crippen LogP contribution in [-0.4, -0.2) is 10.2 Å². The van der Waals surface area contributed by atoms with Crippen LogP contribution in [0.4, 0.5) is 0 Å². The van der Waals surface area contributed by atoms with E-state index in [0.29, 0.717) is 0 Å². The molecule has 2 aromatic heterocycles. The third-order valence-corrected chi connectivity index (χ3v) is 4.34. The second-order valence-electron chi connectivity index (χ2n) is 5.84. The number of aromatic amines is 1. The monoisotopic (exact) mass is 310 g/mol. The highest BCUT2D eigenvalue weighted by atomic mass is 16.3. The van der Waals surface area contributed by atoms with E-state index < -0.39 is 0 Å². The van der Waals surface area contributed by atoms with Gasteiger partial charge in [-0.1, -0.05) is 54.6 Å². The molecule has 2 heterocycles. The molecule has 0 aliphatic heterocycles. The van der Waals surface area contributed by atoms with E-state index in [1.54, 1.807) is 0 Å². The molecule has 3 nitrogen and oxygen atoms in total. The van der Waals surface area contributed by atoms with Crippen molar-refractivity contribution in [3.8, 4) is 22.5 Å². The summed E-state index contributed by atoms with van der Waals surface area (Å²) in [5.74, 6) is 0. The smallest absolute Gasteiger partial charge is 0.136 e. The molecule has 0 amide bonds. The van der Waals surface area contributed by atoms with E-state index in [1.165, 1.54) is 0 Å². The van der Waals surface area contributed by atoms with Gasteiger partial charge < -0.3 is 4.42 Å². The van der Waals surface area contributed by atoms with Crippen LogP contribution < -0.4 is 0 Å². The van der Waals surface area contributed by atoms with Gasteiger partial charge in [0.15, 0.2) is 0 Å². The normalized spacial score (nSPS) is 11.3. The lowest BCUT2D eigenvalue weighted by Crippen LogP contribution is -1.77. The molecule has 0 saturated carbocycles. The van der Waals surface area contributed by atoms with Gasteiger partial charge in [0.2, 0.25) is 0 Å². The maximum atomic E-state index is 5.97. The fourth-order valence-electron chi connectivity index (χ4n) is 3.12. The first-order valence-corrected chi connectivity index (χ1v) is 7.91. The average molecular weight is 310 g/mol. The number of nitrogens with zero attached hydrogens (tertiary/aromatic N) is 1. The molecule has 0 bridgehead atoms. The van der Waals surface area contributed by atoms with Crippen molar-refractivity contribution in [2.75, 3.05) is 0 Å². The lowest BCUT2D eigenvalue weighted by molar-refractivity contribution is 0.669. The van der Waals surface area contributed by atoms with Crippen LogP contribution in [0.15, 0.2) is 83.3 Å². The van der Waals surface area contributed by atoms with E-state index in [-0.39, 0.29) is 0 Å². The van der Waals surface area contributed by atoms with Gasteiger partial charge in [-0.15, -0.1) is 0 Å². The Morgan fingerprint density at radius 3 is 2.38 bits per heavy atom. The summed E-state index contributed by atoms with van der Waals surface area (Å²) in [5.41, 5.74) is 5.89. The van der Waals surface area contributed by atoms with E-state index in [4.69, 9.17) is 4.42 Å². The molecule has 5 rings (SSSR count). The van der Waals surface area contributed by atoms with E-state index in [9.17, 15) is 0 Å². The lowest BCUT2D eigenvalue weighted by Gasteiger charge is -1.96. The number of benzene rings is 3. The standard InChI is InChI=1S/C21H14N2O/c1-2-6-14(7-3-1)18-13-19(23-22-18)15-10-11-17-16-8-4-5-9-20(16)24-21(17)12-15/h1-13H,(H,22,23). The summed E-state index contributed by atoms with van der Waals surface area (Å²) in [6.45, 7) is 0. The Kier molecular flexibility index (Phi) is 2.79. The second kappa shape index (κ2) is 5.10. The number of nitrogens with one attached hydrogen (secondary N) is 1. The molecule has 0 aliphatic rings. The van der Waals surface area contributed by atoms with Crippen molar-refractivity contribution < 1.29 is 4.42 Å². The molecule has 0 fully saturated rings. The van der Waals surface area contributed by atoms with E-state index in [2.05, 4.69) is 52.7 Å². The number of hydrogen-bond acceptors (Lipinski definition) is 2. The maximum Gasteiger partial charge on any atom is 0.136 e. The van der Waals surface area contributed by atoms with E-state index >= 15 is 0 Å². The summed E-state index contributed by atoms with van der Waals surface area (Å²) >= 11 is 0. The van der Waals surface area contributed by atoms with Crippen molar-refractivity contribution in [1.29, 1.82) is 0 Å². The zero-order valence-electron chi connectivity index (χ0n) is 12.9. The highest BCUT2D eigenvalue weighted by molar-refractivity contribution is 6.05. The van der Waals surface area contributed by atoms with Gasteiger partial charge >= 0.3 is 0 Å². The fourth-order valence-corrected chi connectivity index (χ4v) is 3.12. The average Bonchev–Trinajstić information content (AvgIpc) is 3.27. The first kappa shape index (κ1) is 13.1. The third-order valence-electron chi connectivity index (χ3n) is 4.34. The molecule has 0 unspecified atom stereocenters. The van der Waals surface area contributed by atoms with Crippen LogP contribution in [0.3, 0.4) is 0 Å². The first-order chi connectivity index (χ1) is 11.9. The number of hydrogen-bond donors (Lipinski definition) is 1. The minimum Gasteiger partial charge on any atom is -0.456 e. The molecule has 1 N–H and O–H groups in total. The van der Waals surface area contributed by atoms with Crippen molar-refractivity contribution in [2.45, 2.75) is 0 Å². The quantitative estimate of drug-likeness (QED) is 0.458. The van der Waals surface area contributed by atoms with Gasteiger partial charge in [0.25, 0.3) is 0 Å². The zero-order chi connectivity index (χ0) is 15.9. The van der Waals surface area contributed by atoms with Gasteiger partial charge in [0.05, 0.1) is 11.4 Å². The molecule has 0 saturated heterocycles. The predicted octanol–water partition coefficient (Wildman–Crippen LogP) is 5.64. The van der Waals surface area contributed by atoms with Crippen molar-refractivity contribution in [3.63, 3.8) is 0 Å².